The van der Waals surface area contributed by atoms with Crippen LogP contribution in [0.5, 0.6) is 0 Å². The van der Waals surface area contributed by atoms with Gasteiger partial charge in [-0.25, -0.2) is 0 Å². The van der Waals surface area contributed by atoms with Crippen molar-refractivity contribution in [1.29, 1.82) is 0 Å². The van der Waals surface area contributed by atoms with Crippen LogP contribution in [0.4, 0.5) is 0 Å². The Morgan fingerprint density at radius 2 is 0.245 bits per heavy atom. The maximum atomic E-state index is 3.76. The first-order valence-corrected chi connectivity index (χ1v) is 59.2. The van der Waals surface area contributed by atoms with E-state index in [2.05, 4.69) is 299 Å². The van der Waals surface area contributed by atoms with E-state index in [1.54, 1.807) is 0 Å². The Labute approximate surface area is 864 Å². The molecule has 10 aromatic carbocycles. The molecule has 15 aromatic rings. The van der Waals surface area contributed by atoms with Crippen molar-refractivity contribution in [2.45, 2.75) is 453 Å². The Morgan fingerprint density at radius 3 is 0.392 bits per heavy atom. The molecular weight excluding hydrogens is 1730 g/mol. The standard InChI is InChI=1S/C138H177N5/c1-6-11-16-21-26-31-36-41-46-51-56-65-98-139-129-72-63-61-70-119(129)121-90-82-111(103-131(121)139)74-76-113-84-92-123-125-94-86-115(107-135(125)141(133(123)105-113)100-67-58-53-48-43-38-33-28-23-18-13-8-3)78-80-117-88-96-127-128-97-89-118(110-138(128)143(137(127)109-117)102-69-60-55-50-45-40-35-30-25-20-15-10-5)81-79-116-87-95-126-124-93-85-114(106-134(124)142(136(126)108-116)101-68-59-54-49-44-39-34-29-24-19-14-9-4)77-75-112-83-91-122-120-71-62-64-73-130(120)140(132(122)104-112)99-66-57-52-47-42-37-32-27-22-17-12-7-2/h61-64,70-73,82-97,103-110H,6-60,65-69,98-102H2,1-5H3. The SMILES string of the molecule is CCCCCCCCCCCCCCn1c2ccccc2c2ccc(C#Cc3ccc4c5ccc(C#Cc6ccc7c8ccc(C#Cc9ccc%10c%11ccc(C#Cc%12ccc%13c%14ccccc%14n(CCCCCCCCCCCCCC)c%13c%12)cc%11n(CCCCCCCCCCCCCC)c%10c9)cc8n(CCCCCCCCCCCCCC)c7c6)cc5n(CCCCCCCCCCCCCC)c4c3)cc21. The van der Waals surface area contributed by atoms with Gasteiger partial charge in [0.2, 0.25) is 0 Å². The van der Waals surface area contributed by atoms with Gasteiger partial charge in [-0.05, 0) is 141 Å². The molecule has 754 valence electrons. The summed E-state index contributed by atoms with van der Waals surface area (Å²) in [5, 5.41) is 13.0. The first-order chi connectivity index (χ1) is 70.9. The van der Waals surface area contributed by atoms with E-state index in [1.165, 1.54) is 475 Å². The highest BCUT2D eigenvalue weighted by molar-refractivity contribution is 6.13. The van der Waals surface area contributed by atoms with Crippen LogP contribution in [0.25, 0.3) is 109 Å². The van der Waals surface area contributed by atoms with E-state index in [4.69, 9.17) is 0 Å². The minimum Gasteiger partial charge on any atom is -0.340 e. The molecule has 0 fully saturated rings. The summed E-state index contributed by atoms with van der Waals surface area (Å²) in [6, 6.07) is 73.9. The second-order valence-corrected chi connectivity index (χ2v) is 43.1. The Bertz CT molecular complexity index is 6330. The van der Waals surface area contributed by atoms with E-state index in [-0.39, 0.29) is 0 Å². The van der Waals surface area contributed by atoms with Crippen molar-refractivity contribution in [2.24, 2.45) is 0 Å². The van der Waals surface area contributed by atoms with Crippen molar-refractivity contribution in [3.8, 4) is 47.4 Å². The zero-order valence-electron chi connectivity index (χ0n) is 89.7. The number of fused-ring (bicyclic) bond motifs is 15. The van der Waals surface area contributed by atoms with Crippen LogP contribution in [0.2, 0.25) is 0 Å². The monoisotopic (exact) mass is 1900 g/mol. The number of benzene rings is 10. The fraction of sp³-hybridized carbons (Fsp3) is 0.507. The van der Waals surface area contributed by atoms with Gasteiger partial charge in [-0.1, -0.05) is 520 Å². The number of aromatic nitrogens is 5. The summed E-state index contributed by atoms with van der Waals surface area (Å²) in [5.41, 5.74) is 21.3. The quantitative estimate of drug-likeness (QED) is 0.0268. The molecule has 0 saturated carbocycles. The van der Waals surface area contributed by atoms with Gasteiger partial charge in [-0.2, -0.15) is 0 Å². The molecule has 0 radical (unpaired) electrons. The average molecular weight is 1910 g/mol. The third-order valence-corrected chi connectivity index (χ3v) is 31.7. The van der Waals surface area contributed by atoms with E-state index in [0.717, 1.165) is 96.5 Å². The van der Waals surface area contributed by atoms with Gasteiger partial charge in [0.1, 0.15) is 0 Å². The van der Waals surface area contributed by atoms with E-state index in [9.17, 15) is 0 Å². The van der Waals surface area contributed by atoms with Crippen molar-refractivity contribution < 1.29 is 0 Å². The van der Waals surface area contributed by atoms with Crippen LogP contribution in [-0.4, -0.2) is 22.8 Å². The number of hydrogen-bond donors (Lipinski definition) is 0. The Kier molecular flexibility index (Phi) is 44.6. The summed E-state index contributed by atoms with van der Waals surface area (Å²) in [4.78, 5) is 0. The average Bonchev–Trinajstić information content (AvgIpc) is 1.62. The molecule has 5 nitrogen and oxygen atoms in total. The lowest BCUT2D eigenvalue weighted by molar-refractivity contribution is 0.533. The van der Waals surface area contributed by atoms with Gasteiger partial charge in [0.25, 0.3) is 0 Å². The van der Waals surface area contributed by atoms with E-state index in [0.29, 0.717) is 0 Å². The number of rotatable bonds is 65. The highest BCUT2D eigenvalue weighted by atomic mass is 15.0. The number of hydrogen-bond acceptors (Lipinski definition) is 0. The summed E-state index contributed by atoms with van der Waals surface area (Å²) >= 11 is 0. The molecule has 0 unspecified atom stereocenters. The molecule has 143 heavy (non-hydrogen) atoms. The highest BCUT2D eigenvalue weighted by Gasteiger charge is 2.20. The van der Waals surface area contributed by atoms with Gasteiger partial charge >= 0.3 is 0 Å². The van der Waals surface area contributed by atoms with E-state index in [1.807, 2.05) is 0 Å². The number of unbranched alkanes of at least 4 members (excludes halogenated alkanes) is 55. The maximum absolute atomic E-state index is 3.76. The molecular formula is C138H177N5. The molecule has 0 aliphatic heterocycles. The lowest BCUT2D eigenvalue weighted by atomic mass is 10.1. The van der Waals surface area contributed by atoms with Crippen LogP contribution >= 0.6 is 0 Å². The normalized spacial score (nSPS) is 11.7. The van der Waals surface area contributed by atoms with Gasteiger partial charge in [0.15, 0.2) is 0 Å². The van der Waals surface area contributed by atoms with E-state index < -0.39 is 0 Å². The van der Waals surface area contributed by atoms with Gasteiger partial charge in [0.05, 0.1) is 44.1 Å². The molecule has 0 atom stereocenters. The van der Waals surface area contributed by atoms with Crippen molar-refractivity contribution in [2.75, 3.05) is 0 Å². The molecule has 0 spiro atoms. The van der Waals surface area contributed by atoms with Crippen molar-refractivity contribution in [3.05, 3.63) is 239 Å². The molecule has 0 bridgehead atoms. The molecule has 0 aliphatic rings. The molecule has 5 aromatic heterocycles. The third kappa shape index (κ3) is 31.3. The minimum atomic E-state index is 0.954. The van der Waals surface area contributed by atoms with Gasteiger partial charge < -0.3 is 22.8 Å². The smallest absolute Gasteiger partial charge is 0.0503 e. The first kappa shape index (κ1) is 107. The van der Waals surface area contributed by atoms with Crippen LogP contribution < -0.4 is 0 Å². The Morgan fingerprint density at radius 1 is 0.126 bits per heavy atom. The van der Waals surface area contributed by atoms with Crippen molar-refractivity contribution >= 4 is 109 Å². The molecule has 5 heteroatoms. The van der Waals surface area contributed by atoms with Crippen molar-refractivity contribution in [1.82, 2.24) is 22.8 Å². The number of nitrogens with zero attached hydrogens (tertiary/aromatic N) is 5. The Balaban J connectivity index is 0.685. The molecule has 15 rings (SSSR count). The number of para-hydroxylation sites is 2. The molecule has 5 heterocycles. The van der Waals surface area contributed by atoms with E-state index >= 15 is 0 Å². The molecule has 0 saturated heterocycles. The number of aryl methyl sites for hydroxylation is 5. The predicted molar refractivity (Wildman–Crippen MR) is 627 cm³/mol. The zero-order chi connectivity index (χ0) is 98.3. The molecule has 0 aliphatic carbocycles. The Hall–Kier alpha value is -10.6. The van der Waals surface area contributed by atoms with Crippen LogP contribution in [0, 0.1) is 47.4 Å². The van der Waals surface area contributed by atoms with Gasteiger partial charge in [0, 0.05) is 142 Å². The fourth-order valence-electron chi connectivity index (χ4n) is 23.3. The van der Waals surface area contributed by atoms with Crippen LogP contribution in [-0.2, 0) is 32.7 Å². The fourth-order valence-corrected chi connectivity index (χ4v) is 23.3. The van der Waals surface area contributed by atoms with Crippen LogP contribution in [0.1, 0.15) is 464 Å². The summed E-state index contributed by atoms with van der Waals surface area (Å²) in [7, 11) is 0. The summed E-state index contributed by atoms with van der Waals surface area (Å²) < 4.78 is 13.0. The molecule has 0 N–H and O–H groups in total. The van der Waals surface area contributed by atoms with Gasteiger partial charge in [-0.3, -0.25) is 0 Å². The topological polar surface area (TPSA) is 24.6 Å². The van der Waals surface area contributed by atoms with Crippen molar-refractivity contribution in [3.63, 3.8) is 0 Å². The first-order valence-electron chi connectivity index (χ1n) is 59.2. The second kappa shape index (κ2) is 59.8. The lowest BCUT2D eigenvalue weighted by Gasteiger charge is -2.09. The van der Waals surface area contributed by atoms with Gasteiger partial charge in [-0.15, -0.1) is 0 Å². The second-order valence-electron chi connectivity index (χ2n) is 43.1. The van der Waals surface area contributed by atoms with Crippen LogP contribution in [0.15, 0.2) is 194 Å². The largest absolute Gasteiger partial charge is 0.340 e. The summed E-state index contributed by atoms with van der Waals surface area (Å²) in [5.74, 6) is 29.9. The summed E-state index contributed by atoms with van der Waals surface area (Å²) in [6.45, 7) is 16.5. The maximum Gasteiger partial charge on any atom is 0.0503 e. The summed E-state index contributed by atoms with van der Waals surface area (Å²) in [6.07, 6.45) is 80.5. The predicted octanol–water partition coefficient (Wildman–Crippen LogP) is 41.3. The highest BCUT2D eigenvalue weighted by Crippen LogP contribution is 2.39. The zero-order valence-corrected chi connectivity index (χ0v) is 89.7. The van der Waals surface area contributed by atoms with Crippen LogP contribution in [0.3, 0.4) is 0 Å². The molecule has 0 amide bonds. The lowest BCUT2D eigenvalue weighted by Crippen LogP contribution is -1.98. The third-order valence-electron chi connectivity index (χ3n) is 31.7. The minimum absolute atomic E-state index is 0.954.